The molecule has 4 rings (SSSR count). The maximum atomic E-state index is 12.7. The van der Waals surface area contributed by atoms with Gasteiger partial charge in [-0.15, -0.1) is 0 Å². The Bertz CT molecular complexity index is 899. The summed E-state index contributed by atoms with van der Waals surface area (Å²) >= 11 is 0. The first-order valence-electron chi connectivity index (χ1n) is 9.15. The Balaban J connectivity index is 1.40. The smallest absolute Gasteiger partial charge is 0.408 e. The van der Waals surface area contributed by atoms with E-state index in [4.69, 9.17) is 9.15 Å². The number of morpholine rings is 1. The second kappa shape index (κ2) is 7.43. The summed E-state index contributed by atoms with van der Waals surface area (Å²) in [6.07, 6.45) is 1.58. The number of fused-ring (bicyclic) bond motifs is 1. The van der Waals surface area contributed by atoms with Crippen molar-refractivity contribution in [3.05, 3.63) is 28.7 Å². The van der Waals surface area contributed by atoms with Crippen molar-refractivity contribution in [3.8, 4) is 0 Å². The first-order valence-corrected chi connectivity index (χ1v) is 9.15. The van der Waals surface area contributed by atoms with Crippen LogP contribution in [0.5, 0.6) is 0 Å². The second-order valence-electron chi connectivity index (χ2n) is 6.88. The zero-order valence-corrected chi connectivity index (χ0v) is 14.9. The lowest BCUT2D eigenvalue weighted by Gasteiger charge is -2.36. The Hall–Kier alpha value is -2.81. The highest BCUT2D eigenvalue weighted by Crippen LogP contribution is 2.21. The Labute approximate surface area is 155 Å². The summed E-state index contributed by atoms with van der Waals surface area (Å²) in [7, 11) is 0. The van der Waals surface area contributed by atoms with E-state index in [1.807, 2.05) is 4.90 Å². The van der Waals surface area contributed by atoms with Gasteiger partial charge in [0.25, 0.3) is 0 Å². The molecule has 27 heavy (non-hydrogen) atoms. The maximum absolute atomic E-state index is 12.7. The molecular weight excluding hydrogens is 352 g/mol. The van der Waals surface area contributed by atoms with Crippen molar-refractivity contribution in [1.82, 2.24) is 14.8 Å². The van der Waals surface area contributed by atoms with Crippen LogP contribution in [-0.2, 0) is 9.53 Å². The van der Waals surface area contributed by atoms with Gasteiger partial charge in [0.1, 0.15) is 0 Å². The summed E-state index contributed by atoms with van der Waals surface area (Å²) in [5.74, 6) is -0.604. The van der Waals surface area contributed by atoms with Crippen LogP contribution in [0.1, 0.15) is 12.8 Å². The topological polar surface area (TPSA) is 108 Å². The molecule has 0 aliphatic carbocycles. The summed E-state index contributed by atoms with van der Waals surface area (Å²) in [6.45, 7) is 3.39. The maximum Gasteiger partial charge on any atom is 0.417 e. The third-order valence-electron chi connectivity index (χ3n) is 5.05. The average molecular weight is 374 g/mol. The number of aromatic amines is 1. The minimum Gasteiger partial charge on any atom is -0.408 e. The number of anilines is 1. The molecule has 2 aromatic rings. The number of H-pyrrole nitrogens is 1. The molecule has 0 radical (unpaired) electrons. The van der Waals surface area contributed by atoms with Crippen LogP contribution in [0.3, 0.4) is 0 Å². The van der Waals surface area contributed by atoms with Crippen molar-refractivity contribution >= 4 is 28.7 Å². The van der Waals surface area contributed by atoms with E-state index < -0.39 is 5.76 Å². The minimum absolute atomic E-state index is 0.103. The minimum atomic E-state index is -0.533. The lowest BCUT2D eigenvalue weighted by Crippen LogP contribution is -2.50. The molecule has 1 aromatic heterocycles. The Kier molecular flexibility index (Phi) is 4.85. The highest BCUT2D eigenvalue weighted by atomic mass is 16.5. The third-order valence-corrected chi connectivity index (χ3v) is 5.05. The van der Waals surface area contributed by atoms with Crippen LogP contribution < -0.4 is 11.1 Å². The lowest BCUT2D eigenvalue weighted by atomic mass is 9.96. The average Bonchev–Trinajstić information content (AvgIpc) is 3.07. The van der Waals surface area contributed by atoms with Crippen molar-refractivity contribution in [2.75, 3.05) is 44.7 Å². The molecule has 9 nitrogen and oxygen atoms in total. The quantitative estimate of drug-likeness (QED) is 0.822. The number of piperidine rings is 1. The second-order valence-corrected chi connectivity index (χ2v) is 6.88. The third kappa shape index (κ3) is 3.82. The van der Waals surface area contributed by atoms with Crippen LogP contribution in [0.4, 0.5) is 10.5 Å². The molecule has 2 aliphatic rings. The summed E-state index contributed by atoms with van der Waals surface area (Å²) in [6, 6.07) is 4.72. The molecule has 0 saturated carbocycles. The van der Waals surface area contributed by atoms with Crippen molar-refractivity contribution in [3.63, 3.8) is 0 Å². The standard InChI is InChI=1S/C18H22N4O5/c23-16(21-6-8-26-9-7-21)12-2-1-5-22(11-12)17(24)19-13-3-4-14-15(10-13)27-18(25)20-14/h3-4,10,12H,1-2,5-9,11H2,(H,19,24)(H,20,25). The van der Waals surface area contributed by atoms with E-state index in [9.17, 15) is 14.4 Å². The first-order chi connectivity index (χ1) is 13.1. The normalized spacial score (nSPS) is 20.7. The molecule has 3 heterocycles. The lowest BCUT2D eigenvalue weighted by molar-refractivity contribution is -0.141. The van der Waals surface area contributed by atoms with Crippen LogP contribution in [0.15, 0.2) is 27.4 Å². The molecule has 2 saturated heterocycles. The van der Waals surface area contributed by atoms with Gasteiger partial charge in [-0.05, 0) is 25.0 Å². The van der Waals surface area contributed by atoms with E-state index in [1.165, 1.54) is 0 Å². The van der Waals surface area contributed by atoms with Crippen molar-refractivity contribution < 1.29 is 18.7 Å². The number of hydrogen-bond acceptors (Lipinski definition) is 5. The van der Waals surface area contributed by atoms with Crippen molar-refractivity contribution in [2.24, 2.45) is 5.92 Å². The molecule has 144 valence electrons. The van der Waals surface area contributed by atoms with Gasteiger partial charge in [-0.1, -0.05) is 0 Å². The number of oxazole rings is 1. The Morgan fingerprint density at radius 2 is 1.96 bits per heavy atom. The zero-order chi connectivity index (χ0) is 18.8. The number of carbonyl (C=O) groups excluding carboxylic acids is 2. The number of nitrogens with one attached hydrogen (secondary N) is 2. The number of likely N-dealkylation sites (tertiary alicyclic amines) is 1. The fourth-order valence-corrected chi connectivity index (χ4v) is 3.63. The zero-order valence-electron chi connectivity index (χ0n) is 14.9. The Morgan fingerprint density at radius 1 is 1.15 bits per heavy atom. The summed E-state index contributed by atoms with van der Waals surface area (Å²) in [5, 5.41) is 2.82. The van der Waals surface area contributed by atoms with Crippen LogP contribution in [0, 0.1) is 5.92 Å². The predicted octanol–water partition coefficient (Wildman–Crippen LogP) is 1.22. The fraction of sp³-hybridized carbons (Fsp3) is 0.500. The highest BCUT2D eigenvalue weighted by molar-refractivity contribution is 5.92. The molecule has 1 atom stereocenters. The van der Waals surface area contributed by atoms with E-state index >= 15 is 0 Å². The molecule has 0 spiro atoms. The summed E-state index contributed by atoms with van der Waals surface area (Å²) in [4.78, 5) is 42.6. The first kappa shape index (κ1) is 17.6. The number of amides is 3. The van der Waals surface area contributed by atoms with Gasteiger partial charge in [0.15, 0.2) is 5.58 Å². The van der Waals surface area contributed by atoms with Crippen LogP contribution >= 0.6 is 0 Å². The van der Waals surface area contributed by atoms with Crippen molar-refractivity contribution in [1.29, 1.82) is 0 Å². The van der Waals surface area contributed by atoms with Gasteiger partial charge < -0.3 is 24.3 Å². The van der Waals surface area contributed by atoms with Crippen molar-refractivity contribution in [2.45, 2.75) is 12.8 Å². The van der Waals surface area contributed by atoms with Gasteiger partial charge in [0.05, 0.1) is 24.6 Å². The molecule has 0 bridgehead atoms. The molecule has 1 unspecified atom stereocenters. The van der Waals surface area contributed by atoms with Gasteiger partial charge in [-0.25, -0.2) is 9.59 Å². The number of nitrogens with zero attached hydrogens (tertiary/aromatic N) is 2. The van der Waals surface area contributed by atoms with Gasteiger partial charge in [-0.3, -0.25) is 9.78 Å². The van der Waals surface area contributed by atoms with Crippen LogP contribution in [0.25, 0.3) is 11.1 Å². The SMILES string of the molecule is O=C(Nc1ccc2[nH]c(=O)oc2c1)N1CCCC(C(=O)N2CCOCC2)C1. The summed E-state index contributed by atoms with van der Waals surface area (Å²) < 4.78 is 10.3. The van der Waals surface area contributed by atoms with E-state index in [0.29, 0.717) is 56.2 Å². The fourth-order valence-electron chi connectivity index (χ4n) is 3.63. The number of hydrogen-bond donors (Lipinski definition) is 2. The number of carbonyl (C=O) groups is 2. The molecule has 3 amide bonds. The number of aromatic nitrogens is 1. The highest BCUT2D eigenvalue weighted by Gasteiger charge is 2.31. The van der Waals surface area contributed by atoms with Gasteiger partial charge in [0.2, 0.25) is 5.91 Å². The largest absolute Gasteiger partial charge is 0.417 e. The number of rotatable bonds is 2. The summed E-state index contributed by atoms with van der Waals surface area (Å²) in [5.41, 5.74) is 1.50. The van der Waals surface area contributed by atoms with E-state index in [1.54, 1.807) is 23.1 Å². The van der Waals surface area contributed by atoms with Crippen LogP contribution in [0.2, 0.25) is 0 Å². The number of benzene rings is 1. The van der Waals surface area contributed by atoms with Gasteiger partial charge >= 0.3 is 11.8 Å². The van der Waals surface area contributed by atoms with E-state index in [2.05, 4.69) is 10.3 Å². The number of ether oxygens (including phenoxy) is 1. The molecular formula is C18H22N4O5. The molecule has 1 aromatic carbocycles. The van der Waals surface area contributed by atoms with Crippen LogP contribution in [-0.4, -0.2) is 66.1 Å². The molecule has 2 N–H and O–H groups in total. The van der Waals surface area contributed by atoms with E-state index in [-0.39, 0.29) is 17.9 Å². The molecule has 9 heteroatoms. The number of urea groups is 1. The predicted molar refractivity (Wildman–Crippen MR) is 97.5 cm³/mol. The monoisotopic (exact) mass is 374 g/mol. The Morgan fingerprint density at radius 3 is 2.78 bits per heavy atom. The van der Waals surface area contributed by atoms with Gasteiger partial charge in [-0.2, -0.15) is 0 Å². The molecule has 2 fully saturated rings. The van der Waals surface area contributed by atoms with Gasteiger partial charge in [0, 0.05) is 37.9 Å². The van der Waals surface area contributed by atoms with E-state index in [0.717, 1.165) is 12.8 Å². The molecule has 2 aliphatic heterocycles.